The molecule has 1 aromatic heterocycles. The number of pyridine rings is 1. The number of halogens is 2. The Balaban J connectivity index is 0.00000106. The van der Waals surface area contributed by atoms with E-state index >= 15 is 0 Å². The predicted octanol–water partition coefficient (Wildman–Crippen LogP) is 3.67. The van der Waals surface area contributed by atoms with Gasteiger partial charge in [0.2, 0.25) is 0 Å². The summed E-state index contributed by atoms with van der Waals surface area (Å²) in [7, 11) is 3.71. The quantitative estimate of drug-likeness (QED) is 0.787. The van der Waals surface area contributed by atoms with E-state index in [2.05, 4.69) is 4.98 Å². The van der Waals surface area contributed by atoms with Gasteiger partial charge in [0.05, 0.1) is 0 Å². The molecule has 0 saturated heterocycles. The molecule has 0 N–H and O–H groups in total. The second kappa shape index (κ2) is 7.28. The third kappa shape index (κ3) is 3.85. The van der Waals surface area contributed by atoms with Crippen molar-refractivity contribution in [3.63, 3.8) is 0 Å². The molecule has 1 atom stereocenters. The minimum absolute atomic E-state index is 0.0484. The van der Waals surface area contributed by atoms with Gasteiger partial charge in [-0.1, -0.05) is 19.9 Å². The molecule has 0 aromatic carbocycles. The van der Waals surface area contributed by atoms with Crippen LogP contribution in [0.3, 0.4) is 0 Å². The second-order valence-electron chi connectivity index (χ2n) is 3.42. The molecule has 2 nitrogen and oxygen atoms in total. The van der Waals surface area contributed by atoms with Crippen molar-refractivity contribution >= 4 is 0 Å². The van der Waals surface area contributed by atoms with Gasteiger partial charge in [0.1, 0.15) is 5.69 Å². The zero-order valence-corrected chi connectivity index (χ0v) is 10.5. The first kappa shape index (κ1) is 15.0. The van der Waals surface area contributed by atoms with E-state index in [0.717, 1.165) is 0 Å². The van der Waals surface area contributed by atoms with Crippen LogP contribution in [0.4, 0.5) is 8.78 Å². The molecule has 0 bridgehead atoms. The highest BCUT2D eigenvalue weighted by molar-refractivity contribution is 5.23. The van der Waals surface area contributed by atoms with Crippen molar-refractivity contribution in [3.8, 4) is 0 Å². The maximum absolute atomic E-state index is 12.6. The molecule has 16 heavy (non-hydrogen) atoms. The molecule has 0 amide bonds. The summed E-state index contributed by atoms with van der Waals surface area (Å²) in [5.74, 6) is 0. The summed E-state index contributed by atoms with van der Waals surface area (Å²) in [5.41, 5.74) is 0.473. The minimum atomic E-state index is -2.51. The van der Waals surface area contributed by atoms with Gasteiger partial charge in [0.15, 0.2) is 0 Å². The molecule has 0 spiro atoms. The van der Waals surface area contributed by atoms with Gasteiger partial charge in [-0.25, -0.2) is 8.78 Å². The average Bonchev–Trinajstić information content (AvgIpc) is 2.30. The van der Waals surface area contributed by atoms with Gasteiger partial charge in [0, 0.05) is 12.2 Å². The van der Waals surface area contributed by atoms with E-state index in [1.165, 1.54) is 6.20 Å². The maximum Gasteiger partial charge on any atom is 0.280 e. The van der Waals surface area contributed by atoms with Gasteiger partial charge in [-0.15, -0.1) is 0 Å². The molecule has 0 aliphatic rings. The SMILES string of the molecule is CC.CC(c1cccnc1C(F)F)N(C)C. The van der Waals surface area contributed by atoms with Crippen molar-refractivity contribution < 1.29 is 8.78 Å². The van der Waals surface area contributed by atoms with Crippen LogP contribution >= 0.6 is 0 Å². The zero-order chi connectivity index (χ0) is 12.7. The molecule has 1 aromatic rings. The van der Waals surface area contributed by atoms with Gasteiger partial charge in [0.25, 0.3) is 6.43 Å². The van der Waals surface area contributed by atoms with Gasteiger partial charge < -0.3 is 4.90 Å². The lowest BCUT2D eigenvalue weighted by molar-refractivity contribution is 0.142. The van der Waals surface area contributed by atoms with Crippen LogP contribution in [0.5, 0.6) is 0 Å². The first-order valence-electron chi connectivity index (χ1n) is 5.43. The van der Waals surface area contributed by atoms with Crippen LogP contribution in [0.1, 0.15) is 44.5 Å². The average molecular weight is 230 g/mol. The van der Waals surface area contributed by atoms with Crippen LogP contribution in [-0.2, 0) is 0 Å². The van der Waals surface area contributed by atoms with E-state index in [1.807, 2.05) is 39.8 Å². The van der Waals surface area contributed by atoms with E-state index < -0.39 is 6.43 Å². The van der Waals surface area contributed by atoms with Crippen molar-refractivity contribution in [2.24, 2.45) is 0 Å². The molecule has 1 unspecified atom stereocenters. The number of hydrogen-bond donors (Lipinski definition) is 0. The largest absolute Gasteiger partial charge is 0.303 e. The molecule has 4 heteroatoms. The Bertz CT molecular complexity index is 301. The van der Waals surface area contributed by atoms with Gasteiger partial charge in [-0.05, 0) is 32.6 Å². The third-order valence-corrected chi connectivity index (χ3v) is 2.30. The smallest absolute Gasteiger partial charge is 0.280 e. The van der Waals surface area contributed by atoms with E-state index in [0.29, 0.717) is 5.56 Å². The Hall–Kier alpha value is -1.03. The Morgan fingerprint density at radius 1 is 1.25 bits per heavy atom. The lowest BCUT2D eigenvalue weighted by atomic mass is 10.1. The van der Waals surface area contributed by atoms with Gasteiger partial charge in [-0.2, -0.15) is 0 Å². The maximum atomic E-state index is 12.6. The van der Waals surface area contributed by atoms with Crippen LogP contribution in [0.2, 0.25) is 0 Å². The Morgan fingerprint density at radius 3 is 2.25 bits per heavy atom. The van der Waals surface area contributed by atoms with Crippen LogP contribution < -0.4 is 0 Å². The Labute approximate surface area is 96.3 Å². The van der Waals surface area contributed by atoms with Crippen molar-refractivity contribution in [1.29, 1.82) is 0 Å². The molecule has 0 fully saturated rings. The first-order valence-corrected chi connectivity index (χ1v) is 5.43. The highest BCUT2D eigenvalue weighted by Crippen LogP contribution is 2.26. The first-order chi connectivity index (χ1) is 7.54. The van der Waals surface area contributed by atoms with Crippen LogP contribution in [0.25, 0.3) is 0 Å². The summed E-state index contributed by atoms with van der Waals surface area (Å²) >= 11 is 0. The van der Waals surface area contributed by atoms with Crippen molar-refractivity contribution in [1.82, 2.24) is 9.88 Å². The van der Waals surface area contributed by atoms with Gasteiger partial charge in [-0.3, -0.25) is 4.98 Å². The van der Waals surface area contributed by atoms with Crippen molar-refractivity contribution in [3.05, 3.63) is 29.6 Å². The number of rotatable bonds is 3. The summed E-state index contributed by atoms with van der Waals surface area (Å²) in [6.07, 6.45) is -1.11. The lowest BCUT2D eigenvalue weighted by Gasteiger charge is -2.21. The fourth-order valence-electron chi connectivity index (χ4n) is 1.24. The summed E-state index contributed by atoms with van der Waals surface area (Å²) in [6.45, 7) is 5.88. The summed E-state index contributed by atoms with van der Waals surface area (Å²) in [4.78, 5) is 5.58. The van der Waals surface area contributed by atoms with E-state index in [4.69, 9.17) is 0 Å². The molecule has 0 aliphatic heterocycles. The number of nitrogens with zero attached hydrogens (tertiary/aromatic N) is 2. The van der Waals surface area contributed by atoms with Crippen molar-refractivity contribution in [2.45, 2.75) is 33.2 Å². The van der Waals surface area contributed by atoms with E-state index in [9.17, 15) is 8.78 Å². The Kier molecular flexibility index (Phi) is 6.81. The highest BCUT2D eigenvalue weighted by Gasteiger charge is 2.19. The molecule has 1 heterocycles. The third-order valence-electron chi connectivity index (χ3n) is 2.30. The topological polar surface area (TPSA) is 16.1 Å². The van der Waals surface area contributed by atoms with Crippen LogP contribution in [0, 0.1) is 0 Å². The second-order valence-corrected chi connectivity index (χ2v) is 3.42. The predicted molar refractivity (Wildman–Crippen MR) is 62.6 cm³/mol. The van der Waals surface area contributed by atoms with E-state index in [1.54, 1.807) is 12.1 Å². The van der Waals surface area contributed by atoms with E-state index in [-0.39, 0.29) is 11.7 Å². The molecule has 0 aliphatic carbocycles. The van der Waals surface area contributed by atoms with Crippen molar-refractivity contribution in [2.75, 3.05) is 14.1 Å². The van der Waals surface area contributed by atoms with Gasteiger partial charge >= 0.3 is 0 Å². The molecular weight excluding hydrogens is 210 g/mol. The molecule has 0 saturated carbocycles. The summed E-state index contributed by atoms with van der Waals surface area (Å²) in [5, 5.41) is 0. The van der Waals surface area contributed by atoms with Crippen LogP contribution in [-0.4, -0.2) is 24.0 Å². The molecule has 1 rings (SSSR count). The molecule has 92 valence electrons. The Morgan fingerprint density at radius 2 is 1.81 bits per heavy atom. The summed E-state index contributed by atoms with van der Waals surface area (Å²) < 4.78 is 25.1. The lowest BCUT2D eigenvalue weighted by Crippen LogP contribution is -2.18. The molecule has 0 radical (unpaired) electrons. The van der Waals surface area contributed by atoms with Crippen LogP contribution in [0.15, 0.2) is 18.3 Å². The fourth-order valence-corrected chi connectivity index (χ4v) is 1.24. The fraction of sp³-hybridized carbons (Fsp3) is 0.583. The number of hydrogen-bond acceptors (Lipinski definition) is 2. The zero-order valence-electron chi connectivity index (χ0n) is 10.5. The normalized spacial score (nSPS) is 12.3. The highest BCUT2D eigenvalue weighted by atomic mass is 19.3. The monoisotopic (exact) mass is 230 g/mol. The summed E-state index contributed by atoms with van der Waals surface area (Å²) in [6, 6.07) is 3.33. The number of aromatic nitrogens is 1. The standard InChI is InChI=1S/C10H14F2N2.C2H6/c1-7(14(2)3)8-5-4-6-13-9(8)10(11)12;1-2/h4-7,10H,1-3H3;1-2H3. The molecular formula is C12H20F2N2. The minimum Gasteiger partial charge on any atom is -0.303 e. The number of alkyl halides is 2.